The fourth-order valence-corrected chi connectivity index (χ4v) is 4.63. The molecule has 1 aliphatic rings. The van der Waals surface area contributed by atoms with E-state index in [0.29, 0.717) is 19.0 Å². The second-order valence-corrected chi connectivity index (χ2v) is 8.97. The summed E-state index contributed by atoms with van der Waals surface area (Å²) in [5.74, 6) is 1.45. The molecule has 4 aromatic carbocycles. The van der Waals surface area contributed by atoms with E-state index in [9.17, 15) is 5.11 Å². The minimum Gasteiger partial charge on any atom is -0.485 e. The van der Waals surface area contributed by atoms with Crippen LogP contribution in [0.3, 0.4) is 0 Å². The molecule has 0 radical (unpaired) electrons. The average Bonchev–Trinajstić information content (AvgIpc) is 2.92. The fourth-order valence-electron chi connectivity index (χ4n) is 4.63. The minimum absolute atomic E-state index is 0.0132. The first-order valence-corrected chi connectivity index (χ1v) is 12.2. The van der Waals surface area contributed by atoms with Gasteiger partial charge in [0.2, 0.25) is 0 Å². The smallest absolute Gasteiger partial charge is 0.165 e. The molecular weight excluding hydrogens is 434 g/mol. The molecule has 0 heterocycles. The summed E-state index contributed by atoms with van der Waals surface area (Å²) in [5.41, 5.74) is 5.36. The van der Waals surface area contributed by atoms with Gasteiger partial charge in [-0.05, 0) is 41.2 Å². The van der Waals surface area contributed by atoms with E-state index in [-0.39, 0.29) is 6.04 Å². The first kappa shape index (κ1) is 23.2. The first-order valence-electron chi connectivity index (χ1n) is 12.2. The van der Waals surface area contributed by atoms with Crippen molar-refractivity contribution in [2.75, 3.05) is 0 Å². The number of nitrogens with one attached hydrogen (secondary N) is 1. The van der Waals surface area contributed by atoms with Crippen molar-refractivity contribution in [1.82, 2.24) is 5.32 Å². The monoisotopic (exact) mass is 465 g/mol. The number of rotatable bonds is 9. The van der Waals surface area contributed by atoms with Gasteiger partial charge in [0.05, 0.1) is 6.10 Å². The molecule has 1 aliphatic carbocycles. The molecule has 0 fully saturated rings. The van der Waals surface area contributed by atoms with E-state index in [1.165, 1.54) is 5.56 Å². The van der Waals surface area contributed by atoms with Crippen LogP contribution in [0.5, 0.6) is 11.5 Å². The molecular formula is C31H31NO3. The molecule has 0 saturated heterocycles. The average molecular weight is 466 g/mol. The quantitative estimate of drug-likeness (QED) is 0.319. The van der Waals surface area contributed by atoms with Gasteiger partial charge in [0.15, 0.2) is 11.5 Å². The van der Waals surface area contributed by atoms with Gasteiger partial charge < -0.3 is 19.9 Å². The fraction of sp³-hybridized carbons (Fsp3) is 0.226. The van der Waals surface area contributed by atoms with Gasteiger partial charge in [0.25, 0.3) is 0 Å². The molecule has 5 rings (SSSR count). The lowest BCUT2D eigenvalue weighted by Gasteiger charge is -2.32. The molecule has 0 aromatic heterocycles. The van der Waals surface area contributed by atoms with Crippen LogP contribution in [-0.2, 0) is 26.2 Å². The summed E-state index contributed by atoms with van der Waals surface area (Å²) in [4.78, 5) is 0. The molecule has 4 nitrogen and oxygen atoms in total. The Morgan fingerprint density at radius 3 is 1.89 bits per heavy atom. The largest absolute Gasteiger partial charge is 0.485 e. The van der Waals surface area contributed by atoms with Crippen molar-refractivity contribution in [1.29, 1.82) is 0 Å². The van der Waals surface area contributed by atoms with E-state index >= 15 is 0 Å². The van der Waals surface area contributed by atoms with Gasteiger partial charge >= 0.3 is 0 Å². The van der Waals surface area contributed by atoms with E-state index in [4.69, 9.17) is 9.47 Å². The molecule has 0 spiro atoms. The molecule has 178 valence electrons. The van der Waals surface area contributed by atoms with Gasteiger partial charge in [0, 0.05) is 18.2 Å². The van der Waals surface area contributed by atoms with E-state index in [1.54, 1.807) is 0 Å². The molecule has 0 saturated carbocycles. The molecule has 0 aliphatic heterocycles. The molecule has 0 bridgehead atoms. The zero-order chi connectivity index (χ0) is 23.9. The molecule has 4 heteroatoms. The summed E-state index contributed by atoms with van der Waals surface area (Å²) in [6, 6.07) is 34.5. The highest BCUT2D eigenvalue weighted by Gasteiger charge is 2.31. The Balaban J connectivity index is 1.37. The normalized spacial score (nSPS) is 16.9. The van der Waals surface area contributed by atoms with Crippen LogP contribution in [0, 0.1) is 0 Å². The topological polar surface area (TPSA) is 50.7 Å². The molecule has 0 unspecified atom stereocenters. The Labute approximate surface area is 207 Å². The Morgan fingerprint density at radius 2 is 1.26 bits per heavy atom. The zero-order valence-electron chi connectivity index (χ0n) is 19.8. The van der Waals surface area contributed by atoms with Crippen LogP contribution < -0.4 is 14.8 Å². The lowest BCUT2D eigenvalue weighted by molar-refractivity contribution is 0.112. The van der Waals surface area contributed by atoms with Crippen LogP contribution in [0.15, 0.2) is 103 Å². The molecule has 2 atom stereocenters. The van der Waals surface area contributed by atoms with Gasteiger partial charge in [-0.2, -0.15) is 0 Å². The van der Waals surface area contributed by atoms with E-state index in [0.717, 1.165) is 47.4 Å². The van der Waals surface area contributed by atoms with Crippen LogP contribution in [0.2, 0.25) is 0 Å². The third kappa shape index (κ3) is 5.73. The Kier molecular flexibility index (Phi) is 7.42. The van der Waals surface area contributed by atoms with Gasteiger partial charge in [0.1, 0.15) is 13.2 Å². The van der Waals surface area contributed by atoms with Crippen LogP contribution in [-0.4, -0.2) is 11.1 Å². The second kappa shape index (κ2) is 11.2. The molecule has 0 amide bonds. The predicted octanol–water partition coefficient (Wildman–Crippen LogP) is 5.98. The summed E-state index contributed by atoms with van der Waals surface area (Å²) in [7, 11) is 0. The van der Waals surface area contributed by atoms with E-state index in [1.807, 2.05) is 66.7 Å². The Bertz CT molecular complexity index is 1210. The molecule has 2 N–H and O–H groups in total. The maximum absolute atomic E-state index is 11.2. The lowest BCUT2D eigenvalue weighted by atomic mass is 9.85. The summed E-state index contributed by atoms with van der Waals surface area (Å²) in [5, 5.41) is 14.8. The third-order valence-electron chi connectivity index (χ3n) is 6.54. The van der Waals surface area contributed by atoms with Crippen LogP contribution in [0.25, 0.3) is 0 Å². The SMILES string of the molecule is O[C@@H]1c2ccc(OCc3ccccc3)c(OCc3ccccc3)c2CC[C@H]1NCc1ccccc1. The van der Waals surface area contributed by atoms with Gasteiger partial charge in [-0.3, -0.25) is 0 Å². The van der Waals surface area contributed by atoms with E-state index < -0.39 is 6.10 Å². The zero-order valence-corrected chi connectivity index (χ0v) is 19.8. The van der Waals surface area contributed by atoms with Crippen LogP contribution in [0.4, 0.5) is 0 Å². The maximum Gasteiger partial charge on any atom is 0.165 e. The van der Waals surface area contributed by atoms with Crippen molar-refractivity contribution in [3.8, 4) is 11.5 Å². The number of aliphatic hydroxyl groups excluding tert-OH is 1. The minimum atomic E-state index is -0.607. The van der Waals surface area contributed by atoms with Crippen LogP contribution >= 0.6 is 0 Å². The van der Waals surface area contributed by atoms with E-state index in [2.05, 4.69) is 41.7 Å². The standard InChI is InChI=1S/C31H31NO3/c33-30-26-17-19-29(34-21-24-12-6-2-7-13-24)31(35-22-25-14-8-3-9-15-25)27(26)16-18-28(30)32-20-23-10-4-1-5-11-23/h1-15,17,19,28,30,32-33H,16,18,20-22H2/t28-,30-/m1/s1. The maximum atomic E-state index is 11.2. The summed E-state index contributed by atoms with van der Waals surface area (Å²) < 4.78 is 12.6. The highest BCUT2D eigenvalue weighted by Crippen LogP contribution is 2.42. The van der Waals surface area contributed by atoms with Crippen LogP contribution in [0.1, 0.15) is 40.3 Å². The number of aliphatic hydroxyl groups is 1. The highest BCUT2D eigenvalue weighted by molar-refractivity contribution is 5.53. The third-order valence-corrected chi connectivity index (χ3v) is 6.54. The summed E-state index contributed by atoms with van der Waals surface area (Å²) >= 11 is 0. The Morgan fingerprint density at radius 1 is 0.686 bits per heavy atom. The van der Waals surface area contributed by atoms with Crippen molar-refractivity contribution in [2.45, 2.75) is 44.7 Å². The van der Waals surface area contributed by atoms with Gasteiger partial charge in [-0.15, -0.1) is 0 Å². The van der Waals surface area contributed by atoms with Crippen molar-refractivity contribution >= 4 is 0 Å². The van der Waals surface area contributed by atoms with Crippen molar-refractivity contribution < 1.29 is 14.6 Å². The number of benzene rings is 4. The van der Waals surface area contributed by atoms with Crippen molar-refractivity contribution in [3.05, 3.63) is 131 Å². The molecule has 35 heavy (non-hydrogen) atoms. The summed E-state index contributed by atoms with van der Waals surface area (Å²) in [6.45, 7) is 1.64. The number of hydrogen-bond donors (Lipinski definition) is 2. The van der Waals surface area contributed by atoms with Crippen molar-refractivity contribution in [3.63, 3.8) is 0 Å². The number of fused-ring (bicyclic) bond motifs is 1. The first-order chi connectivity index (χ1) is 17.3. The predicted molar refractivity (Wildman–Crippen MR) is 138 cm³/mol. The highest BCUT2D eigenvalue weighted by atomic mass is 16.5. The summed E-state index contributed by atoms with van der Waals surface area (Å²) in [6.07, 6.45) is 1.03. The number of hydrogen-bond acceptors (Lipinski definition) is 4. The second-order valence-electron chi connectivity index (χ2n) is 8.97. The molecule has 4 aromatic rings. The lowest BCUT2D eigenvalue weighted by Crippen LogP contribution is -2.38. The van der Waals surface area contributed by atoms with Gasteiger partial charge in [-0.1, -0.05) is 97.1 Å². The van der Waals surface area contributed by atoms with Crippen molar-refractivity contribution in [2.24, 2.45) is 0 Å². The van der Waals surface area contributed by atoms with Gasteiger partial charge in [-0.25, -0.2) is 0 Å². The number of ether oxygens (including phenoxy) is 2. The Hall–Kier alpha value is -3.60.